The molecule has 0 radical (unpaired) electrons. The number of amides is 2. The van der Waals surface area contributed by atoms with Gasteiger partial charge in [0.15, 0.2) is 0 Å². The van der Waals surface area contributed by atoms with E-state index in [9.17, 15) is 13.6 Å². The minimum atomic E-state index is -0.650. The zero-order valence-electron chi connectivity index (χ0n) is 17.6. The standard InChI is InChI=1S/C24H25F2N3OS/c1-14(2)22-20-7-5-11-28(20)23-17(16-6-3-4-8-21(16)31-23)13-29(22)24(30)27-19-12-15(25)9-10-18(19)26/h5,7,9-12,14,22H,3-4,6,8,13H2,1-2H3,(H,27,30)/t22-/m1/s1. The Morgan fingerprint density at radius 2 is 1.97 bits per heavy atom. The van der Waals surface area contributed by atoms with Crippen molar-refractivity contribution in [2.24, 2.45) is 5.92 Å². The van der Waals surface area contributed by atoms with Crippen molar-refractivity contribution in [2.75, 3.05) is 5.32 Å². The number of hydrogen-bond donors (Lipinski definition) is 1. The summed E-state index contributed by atoms with van der Waals surface area (Å²) in [4.78, 5) is 16.6. The molecule has 2 amide bonds. The van der Waals surface area contributed by atoms with Gasteiger partial charge < -0.3 is 14.8 Å². The van der Waals surface area contributed by atoms with Gasteiger partial charge in [0.2, 0.25) is 0 Å². The van der Waals surface area contributed by atoms with Gasteiger partial charge in [-0.2, -0.15) is 0 Å². The second-order valence-corrected chi connectivity index (χ2v) is 9.75. The third kappa shape index (κ3) is 3.45. The highest BCUT2D eigenvalue weighted by Gasteiger charge is 2.36. The van der Waals surface area contributed by atoms with Crippen LogP contribution in [-0.4, -0.2) is 15.5 Å². The summed E-state index contributed by atoms with van der Waals surface area (Å²) >= 11 is 1.83. The number of aryl methyl sites for hydroxylation is 1. The molecule has 3 heterocycles. The number of hydrogen-bond acceptors (Lipinski definition) is 2. The Bertz CT molecular complexity index is 1150. The number of nitrogens with one attached hydrogen (secondary N) is 1. The molecule has 2 aromatic heterocycles. The molecule has 0 spiro atoms. The van der Waals surface area contributed by atoms with Crippen molar-refractivity contribution >= 4 is 23.1 Å². The zero-order chi connectivity index (χ0) is 21.7. The average molecular weight is 442 g/mol. The molecule has 1 N–H and O–H groups in total. The topological polar surface area (TPSA) is 37.3 Å². The lowest BCUT2D eigenvalue weighted by Crippen LogP contribution is -2.39. The summed E-state index contributed by atoms with van der Waals surface area (Å²) < 4.78 is 30.1. The number of halogens is 2. The lowest BCUT2D eigenvalue weighted by atomic mass is 9.94. The largest absolute Gasteiger partial charge is 0.322 e. The number of fused-ring (bicyclic) bond motifs is 5. The van der Waals surface area contributed by atoms with Gasteiger partial charge in [0, 0.05) is 28.4 Å². The Balaban J connectivity index is 1.60. The Morgan fingerprint density at radius 3 is 2.77 bits per heavy atom. The maximum Gasteiger partial charge on any atom is 0.322 e. The van der Waals surface area contributed by atoms with Crippen LogP contribution in [-0.2, 0) is 19.4 Å². The van der Waals surface area contributed by atoms with Gasteiger partial charge in [0.05, 0.1) is 18.3 Å². The number of rotatable bonds is 2. The monoisotopic (exact) mass is 441 g/mol. The van der Waals surface area contributed by atoms with E-state index < -0.39 is 17.7 Å². The maximum atomic E-state index is 14.2. The molecule has 0 bridgehead atoms. The first-order valence-electron chi connectivity index (χ1n) is 10.8. The molecule has 7 heteroatoms. The highest BCUT2D eigenvalue weighted by molar-refractivity contribution is 7.15. The lowest BCUT2D eigenvalue weighted by molar-refractivity contribution is 0.161. The molecule has 1 aliphatic heterocycles. The van der Waals surface area contributed by atoms with E-state index in [1.54, 1.807) is 4.90 Å². The van der Waals surface area contributed by atoms with Crippen LogP contribution in [0.4, 0.5) is 19.3 Å². The van der Waals surface area contributed by atoms with E-state index >= 15 is 0 Å². The fourth-order valence-electron chi connectivity index (χ4n) is 4.90. The van der Waals surface area contributed by atoms with Crippen molar-refractivity contribution < 1.29 is 13.6 Å². The van der Waals surface area contributed by atoms with Crippen LogP contribution in [0.3, 0.4) is 0 Å². The highest BCUT2D eigenvalue weighted by Crippen LogP contribution is 2.44. The molecule has 3 aromatic rings. The van der Waals surface area contributed by atoms with Crippen molar-refractivity contribution in [3.63, 3.8) is 0 Å². The molecule has 4 nitrogen and oxygen atoms in total. The Kier molecular flexibility index (Phi) is 5.08. The molecular weight excluding hydrogens is 416 g/mol. The minimum Gasteiger partial charge on any atom is -0.311 e. The van der Waals surface area contributed by atoms with E-state index in [4.69, 9.17) is 0 Å². The number of urea groups is 1. The Hall–Kier alpha value is -2.67. The molecule has 0 unspecified atom stereocenters. The molecule has 1 atom stereocenters. The molecule has 1 aromatic carbocycles. The van der Waals surface area contributed by atoms with Crippen LogP contribution in [0.1, 0.15) is 54.4 Å². The third-order valence-corrected chi connectivity index (χ3v) is 7.62. The van der Waals surface area contributed by atoms with Crippen molar-refractivity contribution in [3.05, 3.63) is 69.9 Å². The number of aromatic nitrogens is 1. The number of carbonyl (C=O) groups excluding carboxylic acids is 1. The van der Waals surface area contributed by atoms with Crippen LogP contribution in [0.25, 0.3) is 5.00 Å². The fraction of sp³-hybridized carbons (Fsp3) is 0.375. The van der Waals surface area contributed by atoms with Gasteiger partial charge in [0.25, 0.3) is 0 Å². The normalized spacial score (nSPS) is 17.7. The van der Waals surface area contributed by atoms with Crippen molar-refractivity contribution in [1.82, 2.24) is 9.47 Å². The molecule has 0 saturated heterocycles. The summed E-state index contributed by atoms with van der Waals surface area (Å²) in [7, 11) is 0. The smallest absolute Gasteiger partial charge is 0.311 e. The molecule has 31 heavy (non-hydrogen) atoms. The summed E-state index contributed by atoms with van der Waals surface area (Å²) in [6, 6.07) is 6.57. The maximum absolute atomic E-state index is 14.2. The Labute approximate surface area is 184 Å². The van der Waals surface area contributed by atoms with Gasteiger partial charge >= 0.3 is 6.03 Å². The second kappa shape index (κ2) is 7.79. The van der Waals surface area contributed by atoms with Gasteiger partial charge in [0.1, 0.15) is 16.6 Å². The number of thiophene rings is 1. The van der Waals surface area contributed by atoms with E-state index in [0.717, 1.165) is 43.2 Å². The van der Waals surface area contributed by atoms with E-state index in [-0.39, 0.29) is 17.6 Å². The van der Waals surface area contributed by atoms with Gasteiger partial charge in [-0.25, -0.2) is 13.6 Å². The summed E-state index contributed by atoms with van der Waals surface area (Å²) in [5.41, 5.74) is 3.46. The molecule has 0 saturated carbocycles. The summed E-state index contributed by atoms with van der Waals surface area (Å²) in [6.45, 7) is 4.62. The van der Waals surface area contributed by atoms with E-state index in [2.05, 4.69) is 36.0 Å². The first-order valence-corrected chi connectivity index (χ1v) is 11.6. The van der Waals surface area contributed by atoms with Gasteiger partial charge in [-0.3, -0.25) is 0 Å². The average Bonchev–Trinajstić information content (AvgIpc) is 3.32. The first kappa shape index (κ1) is 20.2. The fourth-order valence-corrected chi connectivity index (χ4v) is 6.31. The molecule has 1 aliphatic carbocycles. The van der Waals surface area contributed by atoms with Crippen LogP contribution in [0.2, 0.25) is 0 Å². The van der Waals surface area contributed by atoms with Crippen LogP contribution >= 0.6 is 11.3 Å². The number of anilines is 1. The Morgan fingerprint density at radius 1 is 1.16 bits per heavy atom. The third-order valence-electron chi connectivity index (χ3n) is 6.29. The SMILES string of the molecule is CC(C)[C@@H]1c2cccn2-c2sc3c(c2CN1C(=O)Nc1cc(F)ccc1F)CCCC3. The van der Waals surface area contributed by atoms with Gasteiger partial charge in [-0.05, 0) is 61.4 Å². The van der Waals surface area contributed by atoms with Crippen molar-refractivity contribution in [2.45, 2.75) is 52.1 Å². The van der Waals surface area contributed by atoms with Crippen LogP contribution in [0.15, 0.2) is 36.5 Å². The zero-order valence-corrected chi connectivity index (χ0v) is 18.4. The van der Waals surface area contributed by atoms with E-state index in [1.165, 1.54) is 27.4 Å². The first-order chi connectivity index (χ1) is 14.9. The number of carbonyl (C=O) groups is 1. The van der Waals surface area contributed by atoms with E-state index in [1.807, 2.05) is 17.4 Å². The molecular formula is C24H25F2N3OS. The lowest BCUT2D eigenvalue weighted by Gasteiger charge is -2.33. The van der Waals surface area contributed by atoms with Gasteiger partial charge in [-0.1, -0.05) is 13.8 Å². The number of nitrogens with zero attached hydrogens (tertiary/aromatic N) is 2. The summed E-state index contributed by atoms with van der Waals surface area (Å²) in [5, 5.41) is 3.81. The van der Waals surface area contributed by atoms with Crippen molar-refractivity contribution in [1.29, 1.82) is 0 Å². The predicted octanol–water partition coefficient (Wildman–Crippen LogP) is 6.44. The highest BCUT2D eigenvalue weighted by atomic mass is 32.1. The molecule has 0 fully saturated rings. The molecule has 162 valence electrons. The quantitative estimate of drug-likeness (QED) is 0.488. The van der Waals surface area contributed by atoms with E-state index in [0.29, 0.717) is 6.54 Å². The summed E-state index contributed by atoms with van der Waals surface area (Å²) in [5.74, 6) is -1.10. The molecule has 2 aliphatic rings. The number of benzene rings is 1. The van der Waals surface area contributed by atoms with Crippen LogP contribution in [0.5, 0.6) is 0 Å². The minimum absolute atomic E-state index is 0.139. The predicted molar refractivity (Wildman–Crippen MR) is 119 cm³/mol. The second-order valence-electron chi connectivity index (χ2n) is 8.67. The summed E-state index contributed by atoms with van der Waals surface area (Å²) in [6.07, 6.45) is 6.53. The van der Waals surface area contributed by atoms with Crippen LogP contribution < -0.4 is 5.32 Å². The van der Waals surface area contributed by atoms with Crippen molar-refractivity contribution in [3.8, 4) is 5.00 Å². The molecule has 5 rings (SSSR count). The van der Waals surface area contributed by atoms with Gasteiger partial charge in [-0.15, -0.1) is 11.3 Å². The van der Waals surface area contributed by atoms with Crippen LogP contribution in [0, 0.1) is 17.6 Å².